The van der Waals surface area contributed by atoms with Crippen LogP contribution in [-0.4, -0.2) is 14.7 Å². The van der Waals surface area contributed by atoms with Crippen molar-refractivity contribution in [2.24, 2.45) is 5.41 Å². The highest BCUT2D eigenvalue weighted by Gasteiger charge is 2.12. The molecule has 0 radical (unpaired) electrons. The van der Waals surface area contributed by atoms with Gasteiger partial charge in [-0.25, -0.2) is 8.42 Å². The van der Waals surface area contributed by atoms with Gasteiger partial charge in [0.15, 0.2) is 9.84 Å². The highest BCUT2D eigenvalue weighted by atomic mass is 32.2. The van der Waals surface area contributed by atoms with Crippen LogP contribution >= 0.6 is 0 Å². The summed E-state index contributed by atoms with van der Waals surface area (Å²) < 4.78 is 22.5. The van der Waals surface area contributed by atoms with Crippen molar-refractivity contribution in [2.45, 2.75) is 32.1 Å². The summed E-state index contributed by atoms with van der Waals surface area (Å²) in [5.74, 6) is 0. The van der Waals surface area contributed by atoms with Gasteiger partial charge < -0.3 is 0 Å². The van der Waals surface area contributed by atoms with Crippen LogP contribution < -0.4 is 0 Å². The van der Waals surface area contributed by atoms with Crippen molar-refractivity contribution >= 4 is 9.84 Å². The molecule has 0 atom stereocenters. The molecule has 2 nitrogen and oxygen atoms in total. The maximum atomic E-state index is 11.2. The Kier molecular flexibility index (Phi) is 3.24. The first-order valence-electron chi connectivity index (χ1n) is 4.97. The van der Waals surface area contributed by atoms with Crippen LogP contribution in [0.4, 0.5) is 0 Å². The molecule has 0 aliphatic rings. The summed E-state index contributed by atoms with van der Waals surface area (Å²) in [5.41, 5.74) is 1.40. The topological polar surface area (TPSA) is 34.1 Å². The second-order valence-electron chi connectivity index (χ2n) is 5.15. The summed E-state index contributed by atoms with van der Waals surface area (Å²) in [6.45, 7) is 6.49. The van der Waals surface area contributed by atoms with E-state index in [2.05, 4.69) is 20.8 Å². The molecule has 0 aliphatic carbocycles. The van der Waals surface area contributed by atoms with Gasteiger partial charge in [-0.15, -0.1) is 0 Å². The summed E-state index contributed by atoms with van der Waals surface area (Å²) in [4.78, 5) is 0.389. The van der Waals surface area contributed by atoms with Gasteiger partial charge in [-0.3, -0.25) is 0 Å². The lowest BCUT2D eigenvalue weighted by molar-refractivity contribution is 0.411. The standard InChI is InChI=1S/C12H18O2S/c1-12(2,3)9-10-5-7-11(8-6-10)15(4,13)14/h5-8H,9H2,1-4H3. The van der Waals surface area contributed by atoms with E-state index < -0.39 is 9.84 Å². The minimum atomic E-state index is -3.06. The lowest BCUT2D eigenvalue weighted by Gasteiger charge is -2.18. The van der Waals surface area contributed by atoms with E-state index >= 15 is 0 Å². The lowest BCUT2D eigenvalue weighted by Crippen LogP contribution is -2.09. The molecule has 0 bridgehead atoms. The first-order chi connectivity index (χ1) is 6.68. The monoisotopic (exact) mass is 226 g/mol. The Morgan fingerprint density at radius 1 is 1.07 bits per heavy atom. The fourth-order valence-corrected chi connectivity index (χ4v) is 2.10. The van der Waals surface area contributed by atoms with Gasteiger partial charge >= 0.3 is 0 Å². The fourth-order valence-electron chi connectivity index (χ4n) is 1.47. The first-order valence-corrected chi connectivity index (χ1v) is 6.87. The molecule has 0 N–H and O–H groups in total. The van der Waals surface area contributed by atoms with E-state index in [9.17, 15) is 8.42 Å². The van der Waals surface area contributed by atoms with Gasteiger partial charge in [0.25, 0.3) is 0 Å². The van der Waals surface area contributed by atoms with Crippen LogP contribution in [-0.2, 0) is 16.3 Å². The number of hydrogen-bond acceptors (Lipinski definition) is 2. The van der Waals surface area contributed by atoms with Gasteiger partial charge in [0.1, 0.15) is 0 Å². The molecule has 0 aromatic heterocycles. The largest absolute Gasteiger partial charge is 0.224 e. The third kappa shape index (κ3) is 4.04. The van der Waals surface area contributed by atoms with Crippen LogP contribution in [0, 0.1) is 5.41 Å². The van der Waals surface area contributed by atoms with Crippen LogP contribution in [0.15, 0.2) is 29.2 Å². The highest BCUT2D eigenvalue weighted by Crippen LogP contribution is 2.21. The van der Waals surface area contributed by atoms with Crippen molar-refractivity contribution < 1.29 is 8.42 Å². The molecule has 15 heavy (non-hydrogen) atoms. The second-order valence-corrected chi connectivity index (χ2v) is 7.17. The summed E-state index contributed by atoms with van der Waals surface area (Å²) >= 11 is 0. The van der Waals surface area contributed by atoms with Gasteiger partial charge in [0, 0.05) is 6.26 Å². The molecule has 0 saturated carbocycles. The highest BCUT2D eigenvalue weighted by molar-refractivity contribution is 7.90. The van der Waals surface area contributed by atoms with Gasteiger partial charge in [-0.05, 0) is 29.5 Å². The molecule has 0 amide bonds. The van der Waals surface area contributed by atoms with Gasteiger partial charge in [0.05, 0.1) is 4.90 Å². The quantitative estimate of drug-likeness (QED) is 0.777. The molecule has 84 valence electrons. The Labute approximate surface area is 92.2 Å². The van der Waals surface area contributed by atoms with Crippen molar-refractivity contribution in [1.29, 1.82) is 0 Å². The van der Waals surface area contributed by atoms with Crippen LogP contribution in [0.1, 0.15) is 26.3 Å². The van der Waals surface area contributed by atoms with E-state index in [1.807, 2.05) is 12.1 Å². The Morgan fingerprint density at radius 3 is 1.87 bits per heavy atom. The molecule has 0 unspecified atom stereocenters. The molecule has 1 aromatic carbocycles. The number of benzene rings is 1. The molecule has 3 heteroatoms. The second kappa shape index (κ2) is 3.97. The predicted molar refractivity (Wildman–Crippen MR) is 62.7 cm³/mol. The van der Waals surface area contributed by atoms with Crippen molar-refractivity contribution in [3.05, 3.63) is 29.8 Å². The molecule has 0 fully saturated rings. The fraction of sp³-hybridized carbons (Fsp3) is 0.500. The molecular formula is C12H18O2S. The van der Waals surface area contributed by atoms with E-state index in [1.165, 1.54) is 11.8 Å². The zero-order valence-electron chi connectivity index (χ0n) is 9.74. The van der Waals surface area contributed by atoms with E-state index in [-0.39, 0.29) is 5.41 Å². The smallest absolute Gasteiger partial charge is 0.175 e. The molecule has 1 aromatic rings. The third-order valence-corrected chi connectivity index (χ3v) is 3.21. The van der Waals surface area contributed by atoms with Gasteiger partial charge in [-0.2, -0.15) is 0 Å². The normalized spacial score (nSPS) is 12.8. The Bertz CT molecular complexity index is 422. The average Bonchev–Trinajstić information content (AvgIpc) is 2.00. The maximum Gasteiger partial charge on any atom is 0.175 e. The molecule has 0 saturated heterocycles. The molecule has 0 heterocycles. The first kappa shape index (κ1) is 12.2. The van der Waals surface area contributed by atoms with E-state index in [0.717, 1.165) is 6.42 Å². The average molecular weight is 226 g/mol. The van der Waals surface area contributed by atoms with Gasteiger partial charge in [-0.1, -0.05) is 32.9 Å². The Morgan fingerprint density at radius 2 is 1.53 bits per heavy atom. The van der Waals surface area contributed by atoms with E-state index in [0.29, 0.717) is 4.90 Å². The number of hydrogen-bond donors (Lipinski definition) is 0. The minimum absolute atomic E-state index is 0.229. The van der Waals surface area contributed by atoms with Crippen LogP contribution in [0.2, 0.25) is 0 Å². The SMILES string of the molecule is CC(C)(C)Cc1ccc(S(C)(=O)=O)cc1. The van der Waals surface area contributed by atoms with Crippen molar-refractivity contribution in [2.75, 3.05) is 6.26 Å². The third-order valence-electron chi connectivity index (χ3n) is 2.09. The van der Waals surface area contributed by atoms with Crippen molar-refractivity contribution in [3.8, 4) is 0 Å². The number of rotatable bonds is 2. The molecule has 1 rings (SSSR count). The zero-order valence-corrected chi connectivity index (χ0v) is 10.6. The van der Waals surface area contributed by atoms with E-state index in [1.54, 1.807) is 12.1 Å². The van der Waals surface area contributed by atoms with Crippen LogP contribution in [0.25, 0.3) is 0 Å². The van der Waals surface area contributed by atoms with Gasteiger partial charge in [0.2, 0.25) is 0 Å². The summed E-state index contributed by atoms with van der Waals surface area (Å²) in [6.07, 6.45) is 2.18. The Balaban J connectivity index is 2.92. The van der Waals surface area contributed by atoms with Crippen LogP contribution in [0.3, 0.4) is 0 Å². The molecule has 0 aliphatic heterocycles. The minimum Gasteiger partial charge on any atom is -0.224 e. The van der Waals surface area contributed by atoms with Crippen LogP contribution in [0.5, 0.6) is 0 Å². The zero-order chi connectivity index (χ0) is 11.7. The van der Waals surface area contributed by atoms with Crippen molar-refractivity contribution in [3.63, 3.8) is 0 Å². The lowest BCUT2D eigenvalue weighted by atomic mass is 9.88. The van der Waals surface area contributed by atoms with E-state index in [4.69, 9.17) is 0 Å². The maximum absolute atomic E-state index is 11.2. The summed E-state index contributed by atoms with van der Waals surface area (Å²) in [7, 11) is -3.06. The summed E-state index contributed by atoms with van der Waals surface area (Å²) in [6, 6.07) is 7.14. The number of sulfone groups is 1. The van der Waals surface area contributed by atoms with Crippen molar-refractivity contribution in [1.82, 2.24) is 0 Å². The Hall–Kier alpha value is -0.830. The summed E-state index contributed by atoms with van der Waals surface area (Å²) in [5, 5.41) is 0. The molecule has 0 spiro atoms. The predicted octanol–water partition coefficient (Wildman–Crippen LogP) is 2.68. The molecular weight excluding hydrogens is 208 g/mol.